The third kappa shape index (κ3) is 5.60. The van der Waals surface area contributed by atoms with Crippen molar-refractivity contribution in [1.29, 1.82) is 0 Å². The van der Waals surface area contributed by atoms with E-state index in [1.165, 1.54) is 45.2 Å². The molecular formula is C25H41N5O2. The molecular weight excluding hydrogens is 402 g/mol. The van der Waals surface area contributed by atoms with Gasteiger partial charge in [-0.05, 0) is 77.4 Å². The summed E-state index contributed by atoms with van der Waals surface area (Å²) in [4.78, 5) is 30.1. The molecule has 0 saturated carbocycles. The molecule has 0 N–H and O–H groups in total. The van der Waals surface area contributed by atoms with Gasteiger partial charge >= 0.3 is 0 Å². The first-order valence-electron chi connectivity index (χ1n) is 12.6. The van der Waals surface area contributed by atoms with E-state index in [1.807, 2.05) is 19.9 Å². The van der Waals surface area contributed by atoms with E-state index in [-0.39, 0.29) is 5.92 Å². The van der Waals surface area contributed by atoms with Crippen molar-refractivity contribution in [3.05, 3.63) is 17.5 Å². The average Bonchev–Trinajstić information content (AvgIpc) is 2.81. The first-order chi connectivity index (χ1) is 15.5. The van der Waals surface area contributed by atoms with Gasteiger partial charge in [0.15, 0.2) is 0 Å². The zero-order valence-electron chi connectivity index (χ0n) is 20.3. The number of piperidine rings is 3. The topological polar surface area (TPSA) is 61.8 Å². The summed E-state index contributed by atoms with van der Waals surface area (Å²) in [6.07, 6.45) is 8.40. The molecule has 3 aliphatic rings. The number of amides is 1. The number of aryl methyl sites for hydroxylation is 2. The number of hydrogen-bond acceptors (Lipinski definition) is 6. The third-order valence-corrected chi connectivity index (χ3v) is 7.58. The normalized spacial score (nSPS) is 26.6. The fourth-order valence-electron chi connectivity index (χ4n) is 6.03. The van der Waals surface area contributed by atoms with Gasteiger partial charge in [-0.2, -0.15) is 0 Å². The van der Waals surface area contributed by atoms with Crippen LogP contribution in [-0.2, 0) is 9.53 Å². The lowest BCUT2D eigenvalue weighted by Crippen LogP contribution is -2.53. The Morgan fingerprint density at radius 2 is 1.81 bits per heavy atom. The molecule has 178 valence electrons. The predicted octanol–water partition coefficient (Wildman–Crippen LogP) is 3.05. The van der Waals surface area contributed by atoms with Crippen molar-refractivity contribution in [2.75, 3.05) is 57.9 Å². The van der Waals surface area contributed by atoms with E-state index < -0.39 is 0 Å². The lowest BCUT2D eigenvalue weighted by molar-refractivity contribution is -0.138. The number of anilines is 1. The number of carbonyl (C=O) groups excluding carboxylic acids is 1. The number of nitrogens with zero attached hydrogens (tertiary/aromatic N) is 5. The van der Waals surface area contributed by atoms with Crippen LogP contribution in [0.3, 0.4) is 0 Å². The molecule has 3 unspecified atom stereocenters. The van der Waals surface area contributed by atoms with Crippen LogP contribution < -0.4 is 4.90 Å². The highest BCUT2D eigenvalue weighted by molar-refractivity contribution is 5.79. The molecule has 0 radical (unpaired) electrons. The molecule has 32 heavy (non-hydrogen) atoms. The van der Waals surface area contributed by atoms with Crippen LogP contribution >= 0.6 is 0 Å². The second kappa shape index (κ2) is 10.9. The Labute approximate surface area is 193 Å². The Balaban J connectivity index is 1.44. The summed E-state index contributed by atoms with van der Waals surface area (Å²) in [5, 5.41) is 0. The highest BCUT2D eigenvalue weighted by atomic mass is 16.5. The molecule has 4 rings (SSSR count). The van der Waals surface area contributed by atoms with Gasteiger partial charge in [-0.25, -0.2) is 9.97 Å². The Kier molecular flexibility index (Phi) is 8.00. The molecule has 7 heteroatoms. The van der Waals surface area contributed by atoms with E-state index in [9.17, 15) is 4.79 Å². The van der Waals surface area contributed by atoms with Crippen molar-refractivity contribution >= 4 is 11.9 Å². The maximum Gasteiger partial charge on any atom is 0.227 e. The molecule has 4 heterocycles. The van der Waals surface area contributed by atoms with Crippen molar-refractivity contribution in [3.8, 4) is 0 Å². The van der Waals surface area contributed by atoms with E-state index in [0.29, 0.717) is 37.6 Å². The first kappa shape index (κ1) is 23.4. The van der Waals surface area contributed by atoms with E-state index in [4.69, 9.17) is 4.74 Å². The van der Waals surface area contributed by atoms with Crippen molar-refractivity contribution in [2.45, 2.75) is 64.8 Å². The molecule has 3 saturated heterocycles. The second-order valence-corrected chi connectivity index (χ2v) is 10.0. The number of ether oxygens (including phenoxy) is 1. The minimum Gasteiger partial charge on any atom is -0.383 e. The Hall–Kier alpha value is -1.73. The molecule has 3 atom stereocenters. The lowest BCUT2D eigenvalue weighted by atomic mass is 9.83. The van der Waals surface area contributed by atoms with E-state index in [0.717, 1.165) is 43.3 Å². The van der Waals surface area contributed by atoms with Gasteiger partial charge in [0.25, 0.3) is 0 Å². The summed E-state index contributed by atoms with van der Waals surface area (Å²) in [6.45, 7) is 10.3. The molecule has 1 aromatic heterocycles. The van der Waals surface area contributed by atoms with E-state index in [2.05, 4.69) is 24.7 Å². The predicted molar refractivity (Wildman–Crippen MR) is 127 cm³/mol. The second-order valence-electron chi connectivity index (χ2n) is 10.0. The van der Waals surface area contributed by atoms with Crippen molar-refractivity contribution < 1.29 is 9.53 Å². The van der Waals surface area contributed by atoms with E-state index >= 15 is 0 Å². The van der Waals surface area contributed by atoms with Crippen LogP contribution in [0.2, 0.25) is 0 Å². The van der Waals surface area contributed by atoms with Crippen LogP contribution in [0.1, 0.15) is 56.3 Å². The molecule has 7 nitrogen and oxygen atoms in total. The number of methoxy groups -OCH3 is 1. The van der Waals surface area contributed by atoms with Gasteiger partial charge in [0, 0.05) is 50.7 Å². The number of fused-ring (bicyclic) bond motifs is 1. The molecule has 0 bridgehead atoms. The summed E-state index contributed by atoms with van der Waals surface area (Å²) >= 11 is 0. The minimum absolute atomic E-state index is 0.0103. The summed E-state index contributed by atoms with van der Waals surface area (Å²) < 4.78 is 5.39. The Morgan fingerprint density at radius 1 is 1.06 bits per heavy atom. The molecule has 1 aromatic rings. The Morgan fingerprint density at radius 3 is 2.59 bits per heavy atom. The molecule has 3 fully saturated rings. The minimum atomic E-state index is 0.0103. The monoisotopic (exact) mass is 443 g/mol. The van der Waals surface area contributed by atoms with Gasteiger partial charge in [-0.1, -0.05) is 6.42 Å². The number of aromatic nitrogens is 2. The van der Waals surface area contributed by atoms with Crippen LogP contribution in [-0.4, -0.2) is 84.7 Å². The standard InChI is InChI=1S/C25H41N5O2/c1-19-16-20(2)27-25(26-19)30-13-7-9-22(18-30)24(31)29(14-15-32-3)17-21-8-6-12-28-11-5-4-10-23(21)28/h16,21-23H,4-15,17-18H2,1-3H3. The highest BCUT2D eigenvalue weighted by Crippen LogP contribution is 2.32. The largest absolute Gasteiger partial charge is 0.383 e. The van der Waals surface area contributed by atoms with E-state index in [1.54, 1.807) is 7.11 Å². The molecule has 0 aromatic carbocycles. The molecule has 3 aliphatic heterocycles. The van der Waals surface area contributed by atoms with Gasteiger partial charge < -0.3 is 19.4 Å². The van der Waals surface area contributed by atoms with Crippen molar-refractivity contribution in [2.24, 2.45) is 11.8 Å². The number of rotatable bonds is 7. The Bertz CT molecular complexity index is 750. The fourth-order valence-corrected chi connectivity index (χ4v) is 6.03. The highest BCUT2D eigenvalue weighted by Gasteiger charge is 2.36. The van der Waals surface area contributed by atoms with Crippen LogP contribution in [0.15, 0.2) is 6.07 Å². The average molecular weight is 444 g/mol. The van der Waals surface area contributed by atoms with Gasteiger partial charge in [0.1, 0.15) is 0 Å². The van der Waals surface area contributed by atoms with Gasteiger partial charge in [0.05, 0.1) is 12.5 Å². The summed E-state index contributed by atoms with van der Waals surface area (Å²) in [7, 11) is 1.73. The van der Waals surface area contributed by atoms with Crippen LogP contribution in [0, 0.1) is 25.7 Å². The summed E-state index contributed by atoms with van der Waals surface area (Å²) in [6, 6.07) is 2.66. The van der Waals surface area contributed by atoms with Gasteiger partial charge in [-0.15, -0.1) is 0 Å². The maximum absolute atomic E-state index is 13.7. The van der Waals surface area contributed by atoms with Crippen LogP contribution in [0.25, 0.3) is 0 Å². The quantitative estimate of drug-likeness (QED) is 0.646. The van der Waals surface area contributed by atoms with Crippen molar-refractivity contribution in [3.63, 3.8) is 0 Å². The third-order valence-electron chi connectivity index (χ3n) is 7.58. The summed E-state index contributed by atoms with van der Waals surface area (Å²) in [5.41, 5.74) is 1.97. The SMILES string of the molecule is COCCN(CC1CCCN2CCCCC12)C(=O)C1CCCN(c2nc(C)cc(C)n2)C1. The van der Waals surface area contributed by atoms with Crippen molar-refractivity contribution in [1.82, 2.24) is 19.8 Å². The zero-order valence-corrected chi connectivity index (χ0v) is 20.3. The molecule has 0 aliphatic carbocycles. The van der Waals surface area contributed by atoms with Gasteiger partial charge in [0.2, 0.25) is 11.9 Å². The maximum atomic E-state index is 13.7. The first-order valence-corrected chi connectivity index (χ1v) is 12.6. The zero-order chi connectivity index (χ0) is 22.5. The fraction of sp³-hybridized carbons (Fsp3) is 0.800. The lowest BCUT2D eigenvalue weighted by Gasteiger charge is -2.46. The molecule has 1 amide bonds. The number of hydrogen-bond donors (Lipinski definition) is 0. The number of carbonyl (C=O) groups is 1. The smallest absolute Gasteiger partial charge is 0.227 e. The summed E-state index contributed by atoms with van der Waals surface area (Å²) in [5.74, 6) is 1.67. The molecule has 0 spiro atoms. The van der Waals surface area contributed by atoms with Gasteiger partial charge in [-0.3, -0.25) is 4.79 Å². The van der Waals surface area contributed by atoms with Crippen LogP contribution in [0.4, 0.5) is 5.95 Å². The van der Waals surface area contributed by atoms with Crippen LogP contribution in [0.5, 0.6) is 0 Å².